The largest absolute Gasteiger partial charge is 0.338 e. The minimum absolute atomic E-state index is 0.234. The van der Waals surface area contributed by atoms with E-state index in [0.29, 0.717) is 18.5 Å². The third kappa shape index (κ3) is 4.48. The van der Waals surface area contributed by atoms with Gasteiger partial charge in [-0.3, -0.25) is 19.8 Å². The van der Waals surface area contributed by atoms with Gasteiger partial charge < -0.3 is 10.6 Å². The van der Waals surface area contributed by atoms with Crippen LogP contribution in [0.1, 0.15) is 24.5 Å². The monoisotopic (exact) mass is 408 g/mol. The van der Waals surface area contributed by atoms with Crippen molar-refractivity contribution in [2.45, 2.75) is 25.3 Å². The summed E-state index contributed by atoms with van der Waals surface area (Å²) in [6.07, 6.45) is 0.950. The Hall–Kier alpha value is -3.68. The van der Waals surface area contributed by atoms with Crippen molar-refractivity contribution in [3.63, 3.8) is 0 Å². The second-order valence-electron chi connectivity index (χ2n) is 7.06. The first-order chi connectivity index (χ1) is 14.5. The van der Waals surface area contributed by atoms with Gasteiger partial charge in [0.1, 0.15) is 6.54 Å². The highest BCUT2D eigenvalue weighted by atomic mass is 16.2. The molecule has 156 valence electrons. The third-order valence-electron chi connectivity index (χ3n) is 4.84. The van der Waals surface area contributed by atoms with Gasteiger partial charge in [-0.05, 0) is 17.5 Å². The summed E-state index contributed by atoms with van der Waals surface area (Å²) < 4.78 is 0. The van der Waals surface area contributed by atoms with E-state index in [2.05, 4.69) is 16.0 Å². The molecular formula is C22H24N4O4. The molecule has 0 spiro atoms. The van der Waals surface area contributed by atoms with Gasteiger partial charge in [0.15, 0.2) is 5.54 Å². The van der Waals surface area contributed by atoms with Crippen LogP contribution in [0.15, 0.2) is 60.7 Å². The molecule has 0 saturated carbocycles. The zero-order valence-electron chi connectivity index (χ0n) is 16.7. The van der Waals surface area contributed by atoms with Crippen molar-refractivity contribution < 1.29 is 19.2 Å². The molecule has 2 aromatic carbocycles. The lowest BCUT2D eigenvalue weighted by molar-refractivity contribution is -0.135. The number of carbonyl (C=O) groups excluding carboxylic acids is 4. The second-order valence-corrected chi connectivity index (χ2v) is 7.06. The zero-order chi connectivity index (χ0) is 21.6. The molecule has 6 amide bonds. The SMILES string of the molecule is CCCNC(=O)NC(=O)CN1C(=O)NC(Cc2ccccc2)(c2ccccc2)C1=O. The highest BCUT2D eigenvalue weighted by Crippen LogP contribution is 2.32. The summed E-state index contributed by atoms with van der Waals surface area (Å²) in [5.41, 5.74) is 0.154. The van der Waals surface area contributed by atoms with Crippen LogP contribution in [0, 0.1) is 0 Å². The Morgan fingerprint density at radius 1 is 1.00 bits per heavy atom. The van der Waals surface area contributed by atoms with Gasteiger partial charge in [0.2, 0.25) is 5.91 Å². The standard InChI is InChI=1S/C22H24N4O4/c1-2-13-23-20(29)24-18(27)15-26-19(28)22(25-21(26)30,17-11-7-4-8-12-17)14-16-9-5-3-6-10-16/h3-12H,2,13-15H2,1H3,(H,25,30)(H2,23,24,27,29). The predicted octanol–water partition coefficient (Wildman–Crippen LogP) is 1.91. The van der Waals surface area contributed by atoms with Gasteiger partial charge in [-0.25, -0.2) is 9.59 Å². The van der Waals surface area contributed by atoms with Crippen LogP contribution < -0.4 is 16.0 Å². The van der Waals surface area contributed by atoms with Crippen molar-refractivity contribution >= 4 is 23.9 Å². The van der Waals surface area contributed by atoms with Gasteiger partial charge in [-0.15, -0.1) is 0 Å². The maximum absolute atomic E-state index is 13.4. The Balaban J connectivity index is 1.83. The molecule has 1 heterocycles. The molecule has 0 bridgehead atoms. The zero-order valence-corrected chi connectivity index (χ0v) is 16.7. The van der Waals surface area contributed by atoms with Crippen molar-refractivity contribution in [2.75, 3.05) is 13.1 Å². The maximum Gasteiger partial charge on any atom is 0.325 e. The Morgan fingerprint density at radius 3 is 2.27 bits per heavy atom. The van der Waals surface area contributed by atoms with Crippen LogP contribution in [-0.2, 0) is 21.5 Å². The Bertz CT molecular complexity index is 933. The van der Waals surface area contributed by atoms with Gasteiger partial charge in [-0.2, -0.15) is 0 Å². The fraction of sp³-hybridized carbons (Fsp3) is 0.273. The first kappa shape index (κ1) is 21.0. The molecule has 1 unspecified atom stereocenters. The van der Waals surface area contributed by atoms with Crippen molar-refractivity contribution in [3.8, 4) is 0 Å². The molecule has 1 aliphatic heterocycles. The molecule has 3 N–H and O–H groups in total. The van der Waals surface area contributed by atoms with E-state index >= 15 is 0 Å². The van der Waals surface area contributed by atoms with Gasteiger partial charge in [-0.1, -0.05) is 67.6 Å². The topological polar surface area (TPSA) is 108 Å². The van der Waals surface area contributed by atoms with E-state index in [4.69, 9.17) is 0 Å². The molecule has 8 nitrogen and oxygen atoms in total. The van der Waals surface area contributed by atoms with Crippen molar-refractivity contribution in [1.82, 2.24) is 20.9 Å². The Kier molecular flexibility index (Phi) is 6.46. The predicted molar refractivity (Wildman–Crippen MR) is 110 cm³/mol. The summed E-state index contributed by atoms with van der Waals surface area (Å²) in [6, 6.07) is 16.9. The second kappa shape index (κ2) is 9.21. The van der Waals surface area contributed by atoms with Gasteiger partial charge in [0, 0.05) is 13.0 Å². The van der Waals surface area contributed by atoms with Gasteiger partial charge in [0.25, 0.3) is 5.91 Å². The molecule has 1 atom stereocenters. The Morgan fingerprint density at radius 2 is 1.63 bits per heavy atom. The molecule has 0 radical (unpaired) electrons. The average molecular weight is 408 g/mol. The van der Waals surface area contributed by atoms with E-state index in [1.165, 1.54) is 0 Å². The van der Waals surface area contributed by atoms with E-state index in [9.17, 15) is 19.2 Å². The summed E-state index contributed by atoms with van der Waals surface area (Å²) in [7, 11) is 0. The number of benzene rings is 2. The fourth-order valence-corrected chi connectivity index (χ4v) is 3.40. The first-order valence-corrected chi connectivity index (χ1v) is 9.77. The van der Waals surface area contributed by atoms with E-state index < -0.39 is 36.0 Å². The molecule has 0 aliphatic carbocycles. The lowest BCUT2D eigenvalue weighted by Gasteiger charge is -2.27. The number of nitrogens with zero attached hydrogens (tertiary/aromatic N) is 1. The fourth-order valence-electron chi connectivity index (χ4n) is 3.40. The molecule has 0 aromatic heterocycles. The quantitative estimate of drug-likeness (QED) is 0.608. The van der Waals surface area contributed by atoms with Crippen molar-refractivity contribution in [3.05, 3.63) is 71.8 Å². The molecule has 1 fully saturated rings. The molecule has 30 heavy (non-hydrogen) atoms. The number of carbonyl (C=O) groups is 4. The van der Waals surface area contributed by atoms with E-state index in [-0.39, 0.29) is 6.42 Å². The number of hydrogen-bond acceptors (Lipinski definition) is 4. The minimum atomic E-state index is -1.33. The number of urea groups is 2. The molecule has 1 saturated heterocycles. The molecule has 3 rings (SSSR count). The van der Waals surface area contributed by atoms with Crippen LogP contribution in [0.5, 0.6) is 0 Å². The molecular weight excluding hydrogens is 384 g/mol. The normalized spacial score (nSPS) is 18.1. The molecule has 8 heteroatoms. The van der Waals surface area contributed by atoms with Crippen LogP contribution in [0.3, 0.4) is 0 Å². The highest BCUT2D eigenvalue weighted by Gasteiger charge is 2.52. The molecule has 1 aliphatic rings. The van der Waals surface area contributed by atoms with Crippen LogP contribution in [0.25, 0.3) is 0 Å². The summed E-state index contributed by atoms with van der Waals surface area (Å²) >= 11 is 0. The number of imide groups is 2. The van der Waals surface area contributed by atoms with E-state index in [1.807, 2.05) is 43.3 Å². The smallest absolute Gasteiger partial charge is 0.325 e. The Labute approximate surface area is 174 Å². The number of amides is 6. The lowest BCUT2D eigenvalue weighted by atomic mass is 9.83. The molecule has 2 aromatic rings. The van der Waals surface area contributed by atoms with Gasteiger partial charge in [0.05, 0.1) is 0 Å². The lowest BCUT2D eigenvalue weighted by Crippen LogP contribution is -2.48. The van der Waals surface area contributed by atoms with Gasteiger partial charge >= 0.3 is 12.1 Å². The number of nitrogens with one attached hydrogen (secondary N) is 3. The average Bonchev–Trinajstić information content (AvgIpc) is 2.98. The number of rotatable bonds is 7. The van der Waals surface area contributed by atoms with Crippen LogP contribution in [-0.4, -0.2) is 41.9 Å². The van der Waals surface area contributed by atoms with E-state index in [0.717, 1.165) is 10.5 Å². The summed E-state index contributed by atoms with van der Waals surface area (Å²) in [4.78, 5) is 50.8. The van der Waals surface area contributed by atoms with Crippen molar-refractivity contribution in [2.24, 2.45) is 0 Å². The minimum Gasteiger partial charge on any atom is -0.338 e. The third-order valence-corrected chi connectivity index (χ3v) is 4.84. The van der Waals surface area contributed by atoms with E-state index in [1.54, 1.807) is 24.3 Å². The highest BCUT2D eigenvalue weighted by molar-refractivity contribution is 6.10. The summed E-state index contributed by atoms with van der Waals surface area (Å²) in [5.74, 6) is -1.28. The first-order valence-electron chi connectivity index (χ1n) is 9.77. The van der Waals surface area contributed by atoms with Crippen LogP contribution in [0.2, 0.25) is 0 Å². The summed E-state index contributed by atoms with van der Waals surface area (Å²) in [5, 5.41) is 7.43. The van der Waals surface area contributed by atoms with Crippen molar-refractivity contribution in [1.29, 1.82) is 0 Å². The van der Waals surface area contributed by atoms with Crippen LogP contribution in [0.4, 0.5) is 9.59 Å². The summed E-state index contributed by atoms with van der Waals surface area (Å²) in [6.45, 7) is 1.75. The number of hydrogen-bond donors (Lipinski definition) is 3. The van der Waals surface area contributed by atoms with Crippen LogP contribution >= 0.6 is 0 Å². The maximum atomic E-state index is 13.4.